The predicted octanol–water partition coefficient (Wildman–Crippen LogP) is 1.52. The van der Waals surface area contributed by atoms with Gasteiger partial charge in [-0.25, -0.2) is 9.97 Å². The number of benzene rings is 1. The van der Waals surface area contributed by atoms with Crippen LogP contribution in [0.5, 0.6) is 0 Å². The topological polar surface area (TPSA) is 117 Å². The fourth-order valence-electron chi connectivity index (χ4n) is 2.36. The van der Waals surface area contributed by atoms with Crippen LogP contribution in [-0.4, -0.2) is 32.6 Å². The van der Waals surface area contributed by atoms with Gasteiger partial charge in [-0.05, 0) is 17.7 Å². The molecule has 24 heavy (non-hydrogen) atoms. The van der Waals surface area contributed by atoms with Crippen LogP contribution in [0.25, 0.3) is 11.3 Å². The van der Waals surface area contributed by atoms with Crippen molar-refractivity contribution in [1.82, 2.24) is 20.3 Å². The number of nitrogens with one attached hydrogen (secondary N) is 2. The predicted molar refractivity (Wildman–Crippen MR) is 90.0 cm³/mol. The molecule has 2 aromatic heterocycles. The lowest BCUT2D eigenvalue weighted by molar-refractivity contribution is 0.0912. The summed E-state index contributed by atoms with van der Waals surface area (Å²) in [6, 6.07) is 12.2. The Balaban J connectivity index is 1.76. The Kier molecular flexibility index (Phi) is 4.53. The first-order valence-corrected chi connectivity index (χ1v) is 7.41. The van der Waals surface area contributed by atoms with Gasteiger partial charge >= 0.3 is 0 Å². The van der Waals surface area contributed by atoms with E-state index < -0.39 is 6.04 Å². The molecule has 0 saturated heterocycles. The summed E-state index contributed by atoms with van der Waals surface area (Å²) in [5.74, 6) is -0.143. The number of hydrogen-bond acceptors (Lipinski definition) is 5. The first kappa shape index (κ1) is 15.7. The maximum absolute atomic E-state index is 12.4. The molecule has 0 saturated carbocycles. The van der Waals surface area contributed by atoms with Crippen molar-refractivity contribution in [1.29, 1.82) is 0 Å². The first-order chi connectivity index (χ1) is 11.7. The minimum Gasteiger partial charge on any atom is -0.394 e. The Bertz CT molecular complexity index is 832. The zero-order chi connectivity index (χ0) is 16.9. The van der Waals surface area contributed by atoms with E-state index in [0.717, 1.165) is 11.1 Å². The molecule has 5 N–H and O–H groups in total. The van der Waals surface area contributed by atoms with E-state index in [1.165, 1.54) is 0 Å². The van der Waals surface area contributed by atoms with Gasteiger partial charge in [0.25, 0.3) is 5.91 Å². The number of aromatic amines is 1. The molecule has 0 spiro atoms. The second kappa shape index (κ2) is 6.93. The lowest BCUT2D eigenvalue weighted by Crippen LogP contribution is -2.30. The first-order valence-electron chi connectivity index (χ1n) is 7.41. The van der Waals surface area contributed by atoms with Gasteiger partial charge in [-0.2, -0.15) is 0 Å². The van der Waals surface area contributed by atoms with Crippen LogP contribution in [0.2, 0.25) is 0 Å². The molecule has 1 amide bonds. The van der Waals surface area contributed by atoms with Gasteiger partial charge in [0, 0.05) is 18.0 Å². The number of H-pyrrole nitrogens is 1. The Morgan fingerprint density at radius 2 is 2.08 bits per heavy atom. The summed E-state index contributed by atoms with van der Waals surface area (Å²) >= 11 is 0. The number of carbonyl (C=O) groups is 1. The Morgan fingerprint density at radius 1 is 1.29 bits per heavy atom. The minimum absolute atomic E-state index is 0.170. The van der Waals surface area contributed by atoms with Crippen LogP contribution in [-0.2, 0) is 0 Å². The van der Waals surface area contributed by atoms with Crippen LogP contribution >= 0.6 is 0 Å². The number of carbonyl (C=O) groups excluding carboxylic acids is 1. The highest BCUT2D eigenvalue weighted by Gasteiger charge is 2.16. The molecule has 0 bridgehead atoms. The van der Waals surface area contributed by atoms with Crippen molar-refractivity contribution in [2.45, 2.75) is 6.04 Å². The molecule has 1 atom stereocenters. The van der Waals surface area contributed by atoms with Gasteiger partial charge in [0.2, 0.25) is 5.95 Å². The summed E-state index contributed by atoms with van der Waals surface area (Å²) in [4.78, 5) is 23.3. The van der Waals surface area contributed by atoms with E-state index in [1.54, 1.807) is 24.5 Å². The molecule has 0 radical (unpaired) electrons. The highest BCUT2D eigenvalue weighted by molar-refractivity contribution is 5.94. The molecule has 3 aromatic rings. The van der Waals surface area contributed by atoms with Gasteiger partial charge in [-0.15, -0.1) is 0 Å². The zero-order valence-electron chi connectivity index (χ0n) is 12.8. The molecule has 0 unspecified atom stereocenters. The zero-order valence-corrected chi connectivity index (χ0v) is 12.8. The number of aromatic nitrogens is 3. The number of hydrogen-bond donors (Lipinski definition) is 4. The molecular formula is C17H17N5O2. The van der Waals surface area contributed by atoms with Crippen molar-refractivity contribution >= 4 is 11.9 Å². The van der Waals surface area contributed by atoms with E-state index in [-0.39, 0.29) is 18.5 Å². The maximum atomic E-state index is 12.4. The van der Waals surface area contributed by atoms with Crippen molar-refractivity contribution in [2.75, 3.05) is 12.3 Å². The quantitative estimate of drug-likeness (QED) is 0.568. The Morgan fingerprint density at radius 3 is 2.79 bits per heavy atom. The molecule has 7 heteroatoms. The largest absolute Gasteiger partial charge is 0.394 e. The smallest absolute Gasteiger partial charge is 0.268 e. The highest BCUT2D eigenvalue weighted by atomic mass is 16.3. The minimum atomic E-state index is -0.472. The van der Waals surface area contributed by atoms with Gasteiger partial charge in [0.1, 0.15) is 5.69 Å². The Hall–Kier alpha value is -3.19. The lowest BCUT2D eigenvalue weighted by Gasteiger charge is -2.16. The summed E-state index contributed by atoms with van der Waals surface area (Å²) in [7, 11) is 0. The van der Waals surface area contributed by atoms with E-state index in [0.29, 0.717) is 11.4 Å². The molecule has 0 aliphatic carbocycles. The second-order valence-electron chi connectivity index (χ2n) is 5.22. The van der Waals surface area contributed by atoms with Crippen molar-refractivity contribution in [2.24, 2.45) is 0 Å². The van der Waals surface area contributed by atoms with Crippen LogP contribution in [0, 0.1) is 0 Å². The fourth-order valence-corrected chi connectivity index (χ4v) is 2.36. The molecule has 122 valence electrons. The van der Waals surface area contributed by atoms with E-state index in [1.807, 2.05) is 30.3 Å². The van der Waals surface area contributed by atoms with E-state index >= 15 is 0 Å². The second-order valence-corrected chi connectivity index (χ2v) is 5.22. The highest BCUT2D eigenvalue weighted by Crippen LogP contribution is 2.19. The monoisotopic (exact) mass is 323 g/mol. The molecule has 7 nitrogen and oxygen atoms in total. The summed E-state index contributed by atoms with van der Waals surface area (Å²) in [6.07, 6.45) is 3.23. The lowest BCUT2D eigenvalue weighted by atomic mass is 10.1. The number of nitrogen functional groups attached to an aromatic ring is 1. The van der Waals surface area contributed by atoms with Crippen LogP contribution in [0.4, 0.5) is 5.95 Å². The van der Waals surface area contributed by atoms with Crippen LogP contribution < -0.4 is 11.1 Å². The van der Waals surface area contributed by atoms with E-state index in [2.05, 4.69) is 20.3 Å². The third-order valence-electron chi connectivity index (χ3n) is 3.59. The van der Waals surface area contributed by atoms with Gasteiger partial charge in [-0.3, -0.25) is 4.79 Å². The summed E-state index contributed by atoms with van der Waals surface area (Å²) < 4.78 is 0. The van der Waals surface area contributed by atoms with Crippen molar-refractivity contribution in [3.8, 4) is 11.3 Å². The van der Waals surface area contributed by atoms with E-state index in [9.17, 15) is 9.90 Å². The fraction of sp³-hybridized carbons (Fsp3) is 0.118. The van der Waals surface area contributed by atoms with Crippen LogP contribution in [0.1, 0.15) is 22.1 Å². The molecule has 2 heterocycles. The van der Waals surface area contributed by atoms with E-state index in [4.69, 9.17) is 5.73 Å². The number of nitrogens with zero attached hydrogens (tertiary/aromatic N) is 2. The molecule has 0 fully saturated rings. The molecule has 0 aliphatic rings. The molecular weight excluding hydrogens is 306 g/mol. The summed E-state index contributed by atoms with van der Waals surface area (Å²) in [5.41, 5.74) is 8.14. The van der Waals surface area contributed by atoms with Gasteiger partial charge in [0.05, 0.1) is 18.3 Å². The normalized spacial score (nSPS) is 11.9. The third-order valence-corrected chi connectivity index (χ3v) is 3.59. The standard InChI is InChI=1S/C17H17N5O2/c18-17-19-7-6-13(22-17)12-8-14(20-9-12)16(24)21-15(10-23)11-4-2-1-3-5-11/h1-9,15,20,23H,10H2,(H,21,24)(H2,18,19,22)/t15-/m1/s1. The van der Waals surface area contributed by atoms with Crippen molar-refractivity contribution in [3.63, 3.8) is 0 Å². The van der Waals surface area contributed by atoms with Crippen LogP contribution in [0.3, 0.4) is 0 Å². The summed E-state index contributed by atoms with van der Waals surface area (Å²) in [5, 5.41) is 12.3. The SMILES string of the molecule is Nc1nccc(-c2c[nH]c(C(=O)N[C@H](CO)c3ccccc3)c2)n1. The number of aliphatic hydroxyl groups is 1. The molecule has 0 aliphatic heterocycles. The number of aliphatic hydroxyl groups excluding tert-OH is 1. The number of amides is 1. The van der Waals surface area contributed by atoms with Crippen LogP contribution in [0.15, 0.2) is 54.9 Å². The number of nitrogens with two attached hydrogens (primary N) is 1. The van der Waals surface area contributed by atoms with Crippen molar-refractivity contribution in [3.05, 3.63) is 66.1 Å². The average molecular weight is 323 g/mol. The molecule has 3 rings (SSSR count). The van der Waals surface area contributed by atoms with Gasteiger partial charge in [-0.1, -0.05) is 30.3 Å². The number of anilines is 1. The maximum Gasteiger partial charge on any atom is 0.268 e. The summed E-state index contributed by atoms with van der Waals surface area (Å²) in [6.45, 7) is -0.189. The third kappa shape index (κ3) is 3.41. The van der Waals surface area contributed by atoms with Gasteiger partial charge < -0.3 is 21.1 Å². The van der Waals surface area contributed by atoms with Gasteiger partial charge in [0.15, 0.2) is 0 Å². The van der Waals surface area contributed by atoms with Crippen molar-refractivity contribution < 1.29 is 9.90 Å². The molecule has 1 aromatic carbocycles. The average Bonchev–Trinajstić information content (AvgIpc) is 3.10. The number of rotatable bonds is 5. The Labute approximate surface area is 138 Å².